The Morgan fingerprint density at radius 2 is 1.58 bits per heavy atom. The van der Waals surface area contributed by atoms with Crippen LogP contribution in [0.1, 0.15) is 25.3 Å². The van der Waals surface area contributed by atoms with Crippen LogP contribution in [0.4, 0.5) is 4.79 Å². The Balaban J connectivity index is 1.51. The summed E-state index contributed by atoms with van der Waals surface area (Å²) in [5.41, 5.74) is 1.35. The van der Waals surface area contributed by atoms with Crippen molar-refractivity contribution in [2.24, 2.45) is 5.92 Å². The molecular weight excluding hydrogens is 306 g/mol. The van der Waals surface area contributed by atoms with Crippen LogP contribution in [0.3, 0.4) is 0 Å². The summed E-state index contributed by atoms with van der Waals surface area (Å²) in [5.74, 6) is -0.780. The Kier molecular flexibility index (Phi) is 4.94. The third kappa shape index (κ3) is 3.33. The highest BCUT2D eigenvalue weighted by atomic mass is 16.2. The molecule has 0 atom stereocenters. The zero-order valence-corrected chi connectivity index (χ0v) is 14.0. The van der Waals surface area contributed by atoms with Crippen LogP contribution in [0, 0.1) is 5.92 Å². The SMILES string of the molecule is CCN1C(=O)C(=O)N(CN2CCC(Cc3ccccc3)CC2)C1=O. The number of nitrogens with zero attached hydrogens (tertiary/aromatic N) is 3. The molecule has 4 amide bonds. The zero-order chi connectivity index (χ0) is 17.1. The lowest BCUT2D eigenvalue weighted by Crippen LogP contribution is -2.45. The molecule has 2 saturated heterocycles. The summed E-state index contributed by atoms with van der Waals surface area (Å²) in [5, 5.41) is 0. The molecule has 0 N–H and O–H groups in total. The molecule has 2 fully saturated rings. The monoisotopic (exact) mass is 329 g/mol. The highest BCUT2D eigenvalue weighted by molar-refractivity contribution is 6.44. The summed E-state index contributed by atoms with van der Waals surface area (Å²) in [6.45, 7) is 3.84. The van der Waals surface area contributed by atoms with Crippen LogP contribution in [0.25, 0.3) is 0 Å². The molecule has 0 aliphatic carbocycles. The van der Waals surface area contributed by atoms with Crippen LogP contribution in [-0.2, 0) is 16.0 Å². The van der Waals surface area contributed by atoms with Gasteiger partial charge in [-0.2, -0.15) is 0 Å². The van der Waals surface area contributed by atoms with Gasteiger partial charge < -0.3 is 0 Å². The third-order valence-corrected chi connectivity index (χ3v) is 4.87. The molecular formula is C18H23N3O3. The third-order valence-electron chi connectivity index (χ3n) is 4.87. The molecule has 0 spiro atoms. The normalized spacial score (nSPS) is 20.3. The summed E-state index contributed by atoms with van der Waals surface area (Å²) < 4.78 is 0. The number of amides is 4. The second-order valence-electron chi connectivity index (χ2n) is 6.46. The first kappa shape index (κ1) is 16.6. The number of carbonyl (C=O) groups is 3. The molecule has 0 saturated carbocycles. The maximum Gasteiger partial charge on any atom is 0.335 e. The molecule has 6 nitrogen and oxygen atoms in total. The van der Waals surface area contributed by atoms with Crippen LogP contribution in [0.2, 0.25) is 0 Å². The number of piperidine rings is 1. The number of likely N-dealkylation sites (N-methyl/N-ethyl adjacent to an activating group) is 1. The average molecular weight is 329 g/mol. The van der Waals surface area contributed by atoms with E-state index in [4.69, 9.17) is 0 Å². The van der Waals surface area contributed by atoms with Crippen molar-refractivity contribution in [3.8, 4) is 0 Å². The summed E-state index contributed by atoms with van der Waals surface area (Å²) in [4.78, 5) is 40.0. The second kappa shape index (κ2) is 7.13. The van der Waals surface area contributed by atoms with Gasteiger partial charge in [-0.15, -0.1) is 0 Å². The molecule has 0 aromatic heterocycles. The summed E-state index contributed by atoms with van der Waals surface area (Å²) in [7, 11) is 0. The van der Waals surface area contributed by atoms with Crippen LogP contribution in [0.15, 0.2) is 30.3 Å². The number of hydrogen-bond donors (Lipinski definition) is 0. The Morgan fingerprint density at radius 3 is 2.17 bits per heavy atom. The molecule has 1 aromatic rings. The number of imide groups is 2. The van der Waals surface area contributed by atoms with E-state index in [1.54, 1.807) is 6.92 Å². The Bertz CT molecular complexity index is 624. The van der Waals surface area contributed by atoms with Crippen LogP contribution < -0.4 is 0 Å². The molecule has 0 bridgehead atoms. The van der Waals surface area contributed by atoms with Gasteiger partial charge in [0.25, 0.3) is 0 Å². The molecule has 1 aromatic carbocycles. The Hall–Kier alpha value is -2.21. The van der Waals surface area contributed by atoms with Gasteiger partial charge in [-0.05, 0) is 37.7 Å². The highest BCUT2D eigenvalue weighted by Crippen LogP contribution is 2.22. The number of benzene rings is 1. The van der Waals surface area contributed by atoms with Crippen molar-refractivity contribution in [3.63, 3.8) is 0 Å². The van der Waals surface area contributed by atoms with E-state index in [-0.39, 0.29) is 13.2 Å². The molecule has 2 aliphatic heterocycles. The number of likely N-dealkylation sites (tertiary alicyclic amines) is 1. The lowest BCUT2D eigenvalue weighted by molar-refractivity contribution is -0.144. The van der Waals surface area contributed by atoms with Gasteiger partial charge in [-0.1, -0.05) is 30.3 Å². The van der Waals surface area contributed by atoms with Crippen molar-refractivity contribution in [2.75, 3.05) is 26.3 Å². The van der Waals surface area contributed by atoms with Gasteiger partial charge in [0.05, 0.1) is 6.67 Å². The van der Waals surface area contributed by atoms with E-state index < -0.39 is 17.8 Å². The first-order chi connectivity index (χ1) is 11.6. The summed E-state index contributed by atoms with van der Waals surface area (Å²) in [6, 6.07) is 9.96. The van der Waals surface area contributed by atoms with Gasteiger partial charge in [0.1, 0.15) is 0 Å². The van der Waals surface area contributed by atoms with E-state index in [0.717, 1.165) is 42.2 Å². The van der Waals surface area contributed by atoms with E-state index >= 15 is 0 Å². The van der Waals surface area contributed by atoms with Crippen molar-refractivity contribution in [2.45, 2.75) is 26.2 Å². The molecule has 0 radical (unpaired) electrons. The van der Waals surface area contributed by atoms with Gasteiger partial charge in [-0.25, -0.2) is 9.69 Å². The molecule has 24 heavy (non-hydrogen) atoms. The fourth-order valence-electron chi connectivity index (χ4n) is 3.43. The maximum atomic E-state index is 12.1. The fourth-order valence-corrected chi connectivity index (χ4v) is 3.43. The predicted molar refractivity (Wildman–Crippen MR) is 88.9 cm³/mol. The minimum atomic E-state index is -0.707. The minimum Gasteiger partial charge on any atom is -0.285 e. The van der Waals surface area contributed by atoms with Gasteiger partial charge in [0, 0.05) is 19.6 Å². The summed E-state index contributed by atoms with van der Waals surface area (Å²) in [6.07, 6.45) is 3.14. The number of carbonyl (C=O) groups excluding carboxylic acids is 3. The van der Waals surface area contributed by atoms with Crippen LogP contribution in [0.5, 0.6) is 0 Å². The molecule has 6 heteroatoms. The van der Waals surface area contributed by atoms with E-state index in [1.807, 2.05) is 6.07 Å². The topological polar surface area (TPSA) is 60.9 Å². The maximum absolute atomic E-state index is 12.1. The smallest absolute Gasteiger partial charge is 0.285 e. The second-order valence-corrected chi connectivity index (χ2v) is 6.46. The molecule has 2 heterocycles. The van der Waals surface area contributed by atoms with E-state index in [1.165, 1.54) is 5.56 Å². The van der Waals surface area contributed by atoms with E-state index in [2.05, 4.69) is 29.2 Å². The van der Waals surface area contributed by atoms with Crippen molar-refractivity contribution in [1.29, 1.82) is 0 Å². The first-order valence-electron chi connectivity index (χ1n) is 8.53. The fraction of sp³-hybridized carbons (Fsp3) is 0.500. The van der Waals surface area contributed by atoms with Crippen LogP contribution in [-0.4, -0.2) is 58.8 Å². The quantitative estimate of drug-likeness (QED) is 0.609. The van der Waals surface area contributed by atoms with Gasteiger partial charge >= 0.3 is 17.8 Å². The van der Waals surface area contributed by atoms with Crippen molar-refractivity contribution < 1.29 is 14.4 Å². The minimum absolute atomic E-state index is 0.220. The van der Waals surface area contributed by atoms with Crippen molar-refractivity contribution in [1.82, 2.24) is 14.7 Å². The first-order valence-corrected chi connectivity index (χ1v) is 8.53. The largest absolute Gasteiger partial charge is 0.335 e. The van der Waals surface area contributed by atoms with Crippen molar-refractivity contribution >= 4 is 17.8 Å². The van der Waals surface area contributed by atoms with E-state index in [0.29, 0.717) is 5.92 Å². The number of urea groups is 1. The lowest BCUT2D eigenvalue weighted by atomic mass is 9.90. The Morgan fingerprint density at radius 1 is 0.958 bits per heavy atom. The van der Waals surface area contributed by atoms with Gasteiger partial charge in [-0.3, -0.25) is 19.4 Å². The standard InChI is InChI=1S/C18H23N3O3/c1-2-20-16(22)17(23)21(18(20)24)13-19-10-8-15(9-11-19)12-14-6-4-3-5-7-14/h3-7,15H,2,8-13H2,1H3. The van der Waals surface area contributed by atoms with Gasteiger partial charge in [0.15, 0.2) is 0 Å². The predicted octanol–water partition coefficient (Wildman–Crippen LogP) is 1.71. The lowest BCUT2D eigenvalue weighted by Gasteiger charge is -2.33. The van der Waals surface area contributed by atoms with E-state index in [9.17, 15) is 14.4 Å². The molecule has 128 valence electrons. The zero-order valence-electron chi connectivity index (χ0n) is 14.0. The number of hydrogen-bond acceptors (Lipinski definition) is 4. The average Bonchev–Trinajstić information content (AvgIpc) is 2.80. The molecule has 2 aliphatic rings. The van der Waals surface area contributed by atoms with Gasteiger partial charge in [0.2, 0.25) is 0 Å². The summed E-state index contributed by atoms with van der Waals surface area (Å²) >= 11 is 0. The molecule has 0 unspecified atom stereocenters. The highest BCUT2D eigenvalue weighted by Gasteiger charge is 2.44. The Labute approximate surface area is 142 Å². The number of rotatable bonds is 5. The molecule has 3 rings (SSSR count). The van der Waals surface area contributed by atoms with Crippen molar-refractivity contribution in [3.05, 3.63) is 35.9 Å². The van der Waals surface area contributed by atoms with Crippen LogP contribution >= 0.6 is 0 Å².